The van der Waals surface area contributed by atoms with E-state index in [-0.39, 0.29) is 17.2 Å². The number of ketones is 1. The van der Waals surface area contributed by atoms with Gasteiger partial charge in [0, 0.05) is 21.7 Å². The predicted octanol–water partition coefficient (Wildman–Crippen LogP) is 5.14. The zero-order chi connectivity index (χ0) is 19.2. The maximum Gasteiger partial charge on any atom is 0.213 e. The van der Waals surface area contributed by atoms with Crippen LogP contribution in [0.25, 0.3) is 0 Å². The highest BCUT2D eigenvalue weighted by molar-refractivity contribution is 6.51. The van der Waals surface area contributed by atoms with Gasteiger partial charge in [-0.25, -0.2) is 0 Å². The van der Waals surface area contributed by atoms with Gasteiger partial charge in [0.2, 0.25) is 5.78 Å². The van der Waals surface area contributed by atoms with E-state index in [4.69, 9.17) is 11.6 Å². The number of hydrogen-bond donors (Lipinski definition) is 1. The van der Waals surface area contributed by atoms with Gasteiger partial charge in [-0.15, -0.1) is 5.10 Å². The van der Waals surface area contributed by atoms with E-state index >= 15 is 0 Å². The number of carbonyl (C=O) groups excluding carboxylic acids is 1. The third-order valence-corrected chi connectivity index (χ3v) is 4.18. The number of hydrogen-bond acceptors (Lipinski definition) is 4. The van der Waals surface area contributed by atoms with Crippen LogP contribution in [-0.4, -0.2) is 22.3 Å². The number of carbonyl (C=O) groups is 1. The van der Waals surface area contributed by atoms with Gasteiger partial charge in [-0.05, 0) is 25.1 Å². The van der Waals surface area contributed by atoms with E-state index in [2.05, 4.69) is 10.2 Å². The SMILES string of the molecule is C/C(=N\N=C(/C(=O)c1ccccc1)c1ccccc1)c1cc(Cl)ccc1O. The van der Waals surface area contributed by atoms with Crippen LogP contribution in [0.3, 0.4) is 0 Å². The molecule has 0 aliphatic heterocycles. The van der Waals surface area contributed by atoms with Crippen LogP contribution in [0, 0.1) is 0 Å². The first-order valence-electron chi connectivity index (χ1n) is 8.32. The Kier molecular flexibility index (Phi) is 5.79. The van der Waals surface area contributed by atoms with Gasteiger partial charge in [-0.1, -0.05) is 72.3 Å². The van der Waals surface area contributed by atoms with Crippen molar-refractivity contribution in [2.45, 2.75) is 6.92 Å². The summed E-state index contributed by atoms with van der Waals surface area (Å²) in [5, 5.41) is 18.9. The zero-order valence-corrected chi connectivity index (χ0v) is 15.4. The minimum absolute atomic E-state index is 0.0477. The highest BCUT2D eigenvalue weighted by atomic mass is 35.5. The van der Waals surface area contributed by atoms with Crippen molar-refractivity contribution in [3.63, 3.8) is 0 Å². The smallest absolute Gasteiger partial charge is 0.213 e. The summed E-state index contributed by atoms with van der Waals surface area (Å²) < 4.78 is 0. The topological polar surface area (TPSA) is 62.0 Å². The Morgan fingerprint density at radius 1 is 0.852 bits per heavy atom. The Morgan fingerprint density at radius 3 is 2.07 bits per heavy atom. The Labute approximate surface area is 162 Å². The lowest BCUT2D eigenvalue weighted by Crippen LogP contribution is -2.15. The van der Waals surface area contributed by atoms with Gasteiger partial charge in [0.25, 0.3) is 0 Å². The van der Waals surface area contributed by atoms with Gasteiger partial charge in [-0.3, -0.25) is 4.79 Å². The highest BCUT2D eigenvalue weighted by Crippen LogP contribution is 2.22. The van der Waals surface area contributed by atoms with E-state index in [1.165, 1.54) is 6.07 Å². The van der Waals surface area contributed by atoms with Crippen molar-refractivity contribution in [2.75, 3.05) is 0 Å². The van der Waals surface area contributed by atoms with Gasteiger partial charge in [0.05, 0.1) is 5.71 Å². The number of Topliss-reactive ketones (excluding diaryl/α,β-unsaturated/α-hetero) is 1. The first kappa shape index (κ1) is 18.5. The fourth-order valence-corrected chi connectivity index (χ4v) is 2.71. The normalized spacial score (nSPS) is 12.1. The van der Waals surface area contributed by atoms with E-state index in [9.17, 15) is 9.90 Å². The van der Waals surface area contributed by atoms with Crippen LogP contribution in [0.4, 0.5) is 0 Å². The molecule has 0 bridgehead atoms. The van der Waals surface area contributed by atoms with Crippen LogP contribution >= 0.6 is 11.6 Å². The molecular weight excluding hydrogens is 360 g/mol. The molecule has 0 aliphatic carbocycles. The number of phenolic OH excluding ortho intramolecular Hbond substituents is 1. The Morgan fingerprint density at radius 2 is 1.44 bits per heavy atom. The molecule has 0 saturated carbocycles. The summed E-state index contributed by atoms with van der Waals surface area (Å²) >= 11 is 5.99. The first-order chi connectivity index (χ1) is 13.1. The maximum absolute atomic E-state index is 12.9. The van der Waals surface area contributed by atoms with Gasteiger partial charge >= 0.3 is 0 Å². The summed E-state index contributed by atoms with van der Waals surface area (Å²) in [4.78, 5) is 12.9. The molecule has 0 unspecified atom stereocenters. The standard InChI is InChI=1S/C22H17ClN2O2/c1-15(19-14-18(23)12-13-20(19)26)24-25-21(16-8-4-2-5-9-16)22(27)17-10-6-3-7-11-17/h2-14,26H,1H3/b24-15+,25-21-. The van der Waals surface area contributed by atoms with E-state index in [0.29, 0.717) is 27.4 Å². The Hall–Kier alpha value is -3.24. The maximum atomic E-state index is 12.9. The number of rotatable bonds is 5. The second kappa shape index (κ2) is 8.43. The number of phenols is 1. The van der Waals surface area contributed by atoms with Crippen molar-refractivity contribution >= 4 is 28.8 Å². The average Bonchev–Trinajstić information content (AvgIpc) is 2.71. The molecule has 0 aliphatic rings. The van der Waals surface area contributed by atoms with Crippen LogP contribution in [0.1, 0.15) is 28.4 Å². The third-order valence-electron chi connectivity index (χ3n) is 3.95. The molecule has 1 N–H and O–H groups in total. The molecule has 0 saturated heterocycles. The molecule has 3 rings (SSSR count). The monoisotopic (exact) mass is 376 g/mol. The van der Waals surface area contributed by atoms with E-state index in [1.807, 2.05) is 24.3 Å². The molecule has 0 amide bonds. The molecule has 27 heavy (non-hydrogen) atoms. The molecule has 4 nitrogen and oxygen atoms in total. The molecule has 0 atom stereocenters. The second-order valence-electron chi connectivity index (χ2n) is 5.86. The summed E-state index contributed by atoms with van der Waals surface area (Å²) in [6.45, 7) is 1.70. The molecule has 0 spiro atoms. The Bertz CT molecular complexity index is 1010. The molecule has 0 heterocycles. The second-order valence-corrected chi connectivity index (χ2v) is 6.29. The molecular formula is C22H17ClN2O2. The lowest BCUT2D eigenvalue weighted by Gasteiger charge is -2.06. The van der Waals surface area contributed by atoms with Gasteiger partial charge in [0.15, 0.2) is 0 Å². The van der Waals surface area contributed by atoms with Crippen LogP contribution in [-0.2, 0) is 0 Å². The molecule has 3 aromatic rings. The summed E-state index contributed by atoms with van der Waals surface area (Å²) in [5.74, 6) is -0.180. The van der Waals surface area contributed by atoms with Crippen molar-refractivity contribution in [3.8, 4) is 5.75 Å². The Balaban J connectivity index is 2.05. The molecule has 0 radical (unpaired) electrons. The van der Waals surface area contributed by atoms with Crippen LogP contribution in [0.2, 0.25) is 5.02 Å². The largest absolute Gasteiger partial charge is 0.507 e. The summed E-state index contributed by atoms with van der Waals surface area (Å²) in [6, 6.07) is 22.8. The highest BCUT2D eigenvalue weighted by Gasteiger charge is 2.16. The van der Waals surface area contributed by atoms with Crippen molar-refractivity contribution in [3.05, 3.63) is 101 Å². The summed E-state index contributed by atoms with van der Waals surface area (Å²) in [7, 11) is 0. The first-order valence-corrected chi connectivity index (χ1v) is 8.70. The van der Waals surface area contributed by atoms with Crippen molar-refractivity contribution in [1.29, 1.82) is 0 Å². The summed E-state index contributed by atoms with van der Waals surface area (Å²) in [5.41, 5.74) is 2.33. The van der Waals surface area contributed by atoms with Crippen molar-refractivity contribution in [2.24, 2.45) is 10.2 Å². The molecule has 0 aromatic heterocycles. The van der Waals surface area contributed by atoms with Crippen LogP contribution in [0.15, 0.2) is 89.1 Å². The van der Waals surface area contributed by atoms with Gasteiger partial charge < -0.3 is 5.11 Å². The number of aromatic hydroxyl groups is 1. The minimum atomic E-state index is -0.228. The third kappa shape index (κ3) is 4.49. The van der Waals surface area contributed by atoms with Crippen LogP contribution in [0.5, 0.6) is 5.75 Å². The zero-order valence-electron chi connectivity index (χ0n) is 14.6. The average molecular weight is 377 g/mol. The van der Waals surface area contributed by atoms with E-state index in [0.717, 1.165) is 0 Å². The number of halogens is 1. The number of benzene rings is 3. The quantitative estimate of drug-likeness (QED) is 0.380. The van der Waals surface area contributed by atoms with Crippen molar-refractivity contribution in [1.82, 2.24) is 0 Å². The van der Waals surface area contributed by atoms with E-state index in [1.54, 1.807) is 55.5 Å². The fourth-order valence-electron chi connectivity index (χ4n) is 2.53. The number of nitrogens with zero attached hydrogens (tertiary/aromatic N) is 2. The lowest BCUT2D eigenvalue weighted by molar-refractivity contribution is 0.106. The lowest BCUT2D eigenvalue weighted by atomic mass is 10.0. The summed E-state index contributed by atoms with van der Waals surface area (Å²) in [6.07, 6.45) is 0. The predicted molar refractivity (Wildman–Crippen MR) is 109 cm³/mol. The van der Waals surface area contributed by atoms with Crippen LogP contribution < -0.4 is 0 Å². The molecule has 3 aromatic carbocycles. The minimum Gasteiger partial charge on any atom is -0.507 e. The molecule has 134 valence electrons. The molecule has 0 fully saturated rings. The molecule has 5 heteroatoms. The van der Waals surface area contributed by atoms with Crippen molar-refractivity contribution < 1.29 is 9.90 Å². The van der Waals surface area contributed by atoms with E-state index < -0.39 is 0 Å². The fraction of sp³-hybridized carbons (Fsp3) is 0.0455. The van der Waals surface area contributed by atoms with Gasteiger partial charge in [0.1, 0.15) is 11.5 Å². The van der Waals surface area contributed by atoms with Gasteiger partial charge in [-0.2, -0.15) is 5.10 Å².